The van der Waals surface area contributed by atoms with Crippen molar-refractivity contribution in [2.45, 2.75) is 115 Å². The maximum Gasteiger partial charge on any atom is 0.0855 e. The van der Waals surface area contributed by atoms with Gasteiger partial charge in [0.25, 0.3) is 0 Å². The number of hydrogen-bond donors (Lipinski definition) is 1. The Hall–Kier alpha value is 0.134. The van der Waals surface area contributed by atoms with E-state index in [1.807, 2.05) is 0 Å². The smallest absolute Gasteiger partial charge is 0.0855 e. The van der Waals surface area contributed by atoms with Crippen molar-refractivity contribution in [3.8, 4) is 0 Å². The maximum absolute atomic E-state index is 4.28. The first-order chi connectivity index (χ1) is 10.6. The summed E-state index contributed by atoms with van der Waals surface area (Å²) in [6.07, 6.45) is 7.04. The lowest BCUT2D eigenvalue weighted by atomic mass is 9.96. The highest BCUT2D eigenvalue weighted by atomic mass is 28.4. The van der Waals surface area contributed by atoms with Crippen LogP contribution in [-0.2, 0) is 0 Å². The van der Waals surface area contributed by atoms with Gasteiger partial charge in [0, 0.05) is 11.3 Å². The summed E-state index contributed by atoms with van der Waals surface area (Å²) in [4.78, 5) is 0. The third-order valence-corrected chi connectivity index (χ3v) is 20.4. The topological polar surface area (TPSA) is 12.0 Å². The molecule has 0 saturated heterocycles. The molecule has 0 aromatic rings. The average Bonchev–Trinajstić information content (AvgIpc) is 2.46. The molecule has 0 spiro atoms. The molecule has 0 heterocycles. The first-order valence-corrected chi connectivity index (χ1v) is 15.5. The van der Waals surface area contributed by atoms with E-state index >= 15 is 0 Å². The lowest BCUT2D eigenvalue weighted by molar-refractivity contribution is 0.376. The monoisotopic (exact) mass is 353 g/mol. The molecule has 1 atom stereocenters. The first kappa shape index (κ1) is 21.2. The molecule has 1 aliphatic carbocycles. The van der Waals surface area contributed by atoms with E-state index in [-0.39, 0.29) is 0 Å². The van der Waals surface area contributed by atoms with E-state index in [0.717, 1.165) is 28.0 Å². The van der Waals surface area contributed by atoms with Gasteiger partial charge in [-0.25, -0.2) is 0 Å². The Morgan fingerprint density at radius 2 is 1.30 bits per heavy atom. The highest BCUT2D eigenvalue weighted by Gasteiger charge is 2.54. The van der Waals surface area contributed by atoms with Crippen LogP contribution >= 0.6 is 0 Å². The van der Waals surface area contributed by atoms with Gasteiger partial charge in [0.2, 0.25) is 0 Å². The summed E-state index contributed by atoms with van der Waals surface area (Å²) in [5, 5.41) is 5.03. The molecule has 3 heteroatoms. The largest absolute Gasteiger partial charge is 0.316 e. The second-order valence-corrected chi connectivity index (χ2v) is 20.7. The van der Waals surface area contributed by atoms with Gasteiger partial charge >= 0.3 is 0 Å². The fourth-order valence-corrected chi connectivity index (χ4v) is 21.6. The van der Waals surface area contributed by atoms with E-state index in [4.69, 9.17) is 0 Å². The minimum absolute atomic E-state index is 0.746. The molecule has 136 valence electrons. The fraction of sp³-hybridized carbons (Fsp3) is 0.900. The van der Waals surface area contributed by atoms with Crippen LogP contribution in [0.15, 0.2) is 12.3 Å². The fourth-order valence-electron chi connectivity index (χ4n) is 5.63. The van der Waals surface area contributed by atoms with Gasteiger partial charge in [-0.2, -0.15) is 0 Å². The van der Waals surface area contributed by atoms with E-state index in [2.05, 4.69) is 72.2 Å². The molecule has 1 unspecified atom stereocenters. The summed E-state index contributed by atoms with van der Waals surface area (Å²) in [5.74, 6) is 0. The van der Waals surface area contributed by atoms with Crippen LogP contribution in [-0.4, -0.2) is 27.5 Å². The molecule has 23 heavy (non-hydrogen) atoms. The summed E-state index contributed by atoms with van der Waals surface area (Å²) in [6.45, 7) is 24.4. The summed E-state index contributed by atoms with van der Waals surface area (Å²) in [5.41, 5.74) is 4.81. The summed E-state index contributed by atoms with van der Waals surface area (Å²) in [7, 11) is -3.02. The molecule has 0 aromatic heterocycles. The van der Waals surface area contributed by atoms with Gasteiger partial charge in [-0.3, -0.25) is 0 Å². The first-order valence-electron chi connectivity index (χ1n) is 10.00. The van der Waals surface area contributed by atoms with Crippen LogP contribution < -0.4 is 5.32 Å². The molecule has 1 fully saturated rings. The molecule has 1 saturated carbocycles. The predicted molar refractivity (Wildman–Crippen MR) is 113 cm³/mol. The Kier molecular flexibility index (Phi) is 7.81. The minimum Gasteiger partial charge on any atom is -0.316 e. The van der Waals surface area contributed by atoms with Gasteiger partial charge in [-0.05, 0) is 29.5 Å². The average molecular weight is 354 g/mol. The Labute approximate surface area is 148 Å². The SMILES string of the molecule is C=C[Si](C)(C)C(NC1CCCCC1)[Si](C(C)C)(C(C)C)C(C)C. The lowest BCUT2D eigenvalue weighted by Crippen LogP contribution is -2.71. The van der Waals surface area contributed by atoms with Crippen LogP contribution in [0.3, 0.4) is 0 Å². The van der Waals surface area contributed by atoms with Crippen molar-refractivity contribution in [1.82, 2.24) is 5.32 Å². The van der Waals surface area contributed by atoms with E-state index in [1.54, 1.807) is 0 Å². The zero-order valence-corrected chi connectivity index (χ0v) is 19.2. The van der Waals surface area contributed by atoms with Crippen molar-refractivity contribution in [3.63, 3.8) is 0 Å². The van der Waals surface area contributed by atoms with Crippen molar-refractivity contribution in [1.29, 1.82) is 0 Å². The highest BCUT2D eigenvalue weighted by Crippen LogP contribution is 2.46. The van der Waals surface area contributed by atoms with Gasteiger partial charge in [0.05, 0.1) is 16.1 Å². The van der Waals surface area contributed by atoms with Crippen LogP contribution in [0.4, 0.5) is 0 Å². The van der Waals surface area contributed by atoms with Gasteiger partial charge in [-0.1, -0.05) is 73.9 Å². The van der Waals surface area contributed by atoms with E-state index in [0.29, 0.717) is 0 Å². The Morgan fingerprint density at radius 3 is 1.65 bits per heavy atom. The summed E-state index contributed by atoms with van der Waals surface area (Å²) in [6, 6.07) is 0.753. The Bertz CT molecular complexity index is 346. The molecular formula is C20H43NSi2. The summed E-state index contributed by atoms with van der Waals surface area (Å²) < 4.78 is 0. The van der Waals surface area contributed by atoms with Gasteiger partial charge in [-0.15, -0.1) is 12.3 Å². The van der Waals surface area contributed by atoms with Gasteiger partial charge < -0.3 is 5.32 Å². The highest BCUT2D eigenvalue weighted by molar-refractivity contribution is 7.02. The van der Waals surface area contributed by atoms with Crippen LogP contribution in [0.25, 0.3) is 0 Å². The third kappa shape index (κ3) is 4.40. The second kappa shape index (κ2) is 8.48. The molecule has 1 nitrogen and oxygen atoms in total. The quantitative estimate of drug-likeness (QED) is 0.493. The molecule has 0 radical (unpaired) electrons. The second-order valence-electron chi connectivity index (χ2n) is 9.42. The van der Waals surface area contributed by atoms with Crippen LogP contribution in [0.2, 0.25) is 29.7 Å². The van der Waals surface area contributed by atoms with Crippen molar-refractivity contribution >= 4 is 16.1 Å². The van der Waals surface area contributed by atoms with Crippen molar-refractivity contribution < 1.29 is 0 Å². The third-order valence-electron chi connectivity index (χ3n) is 6.78. The standard InChI is InChI=1S/C20H43NSi2/c1-10-22(8,9)20(21-19-14-12-11-13-15-19)23(16(2)3,17(4)5)18(6)7/h10,16-21H,1,11-15H2,2-9H3. The predicted octanol–water partition coefficient (Wildman–Crippen LogP) is 6.47. The molecular weight excluding hydrogens is 310 g/mol. The number of hydrogen-bond acceptors (Lipinski definition) is 1. The van der Waals surface area contributed by atoms with Crippen molar-refractivity contribution in [2.24, 2.45) is 0 Å². The van der Waals surface area contributed by atoms with E-state index < -0.39 is 16.1 Å². The zero-order chi connectivity index (χ0) is 17.8. The van der Waals surface area contributed by atoms with E-state index in [1.165, 1.54) is 32.1 Å². The molecule has 1 aliphatic rings. The van der Waals surface area contributed by atoms with Crippen molar-refractivity contribution in [2.75, 3.05) is 0 Å². The van der Waals surface area contributed by atoms with Crippen LogP contribution in [0, 0.1) is 0 Å². The number of nitrogens with one attached hydrogen (secondary N) is 1. The lowest BCUT2D eigenvalue weighted by Gasteiger charge is -2.54. The minimum atomic E-state index is -1.52. The Balaban J connectivity index is 3.30. The van der Waals surface area contributed by atoms with E-state index in [9.17, 15) is 0 Å². The van der Waals surface area contributed by atoms with Crippen LogP contribution in [0.1, 0.15) is 73.6 Å². The normalized spacial score (nSPS) is 19.6. The molecule has 0 bridgehead atoms. The maximum atomic E-state index is 4.28. The van der Waals surface area contributed by atoms with Gasteiger partial charge in [0.1, 0.15) is 0 Å². The molecule has 0 aliphatic heterocycles. The molecule has 0 aromatic carbocycles. The number of rotatable bonds is 8. The molecule has 0 amide bonds. The van der Waals surface area contributed by atoms with Crippen LogP contribution in [0.5, 0.6) is 0 Å². The summed E-state index contributed by atoms with van der Waals surface area (Å²) >= 11 is 0. The zero-order valence-electron chi connectivity index (χ0n) is 17.2. The Morgan fingerprint density at radius 1 is 0.870 bits per heavy atom. The van der Waals surface area contributed by atoms with Gasteiger partial charge in [0.15, 0.2) is 0 Å². The molecule has 1 N–H and O–H groups in total. The molecule has 1 rings (SSSR count). The van der Waals surface area contributed by atoms with Crippen molar-refractivity contribution in [3.05, 3.63) is 12.3 Å².